The van der Waals surface area contributed by atoms with Gasteiger partial charge in [0, 0.05) is 11.1 Å². The van der Waals surface area contributed by atoms with E-state index < -0.39 is 18.0 Å². The van der Waals surface area contributed by atoms with Gasteiger partial charge < -0.3 is 9.47 Å². The molecule has 1 aromatic carbocycles. The molecule has 1 heterocycles. The van der Waals surface area contributed by atoms with E-state index in [2.05, 4.69) is 9.97 Å². The second-order valence-corrected chi connectivity index (χ2v) is 5.61. The molecule has 1 unspecified atom stereocenters. The quantitative estimate of drug-likeness (QED) is 0.712. The Hall–Kier alpha value is -2.28. The number of aromatic nitrogens is 2. The predicted molar refractivity (Wildman–Crippen MR) is 88.8 cm³/mol. The van der Waals surface area contributed by atoms with Crippen LogP contribution in [0.5, 0.6) is 5.75 Å². The largest absolute Gasteiger partial charge is 0.480 e. The van der Waals surface area contributed by atoms with Crippen LogP contribution in [0.25, 0.3) is 11.3 Å². The van der Waals surface area contributed by atoms with Gasteiger partial charge in [-0.15, -0.1) is 0 Å². The summed E-state index contributed by atoms with van der Waals surface area (Å²) in [5, 5.41) is -0.00339. The Morgan fingerprint density at radius 1 is 1.36 bits per heavy atom. The monoisotopic (exact) mass is 370 g/mol. The van der Waals surface area contributed by atoms with Crippen molar-refractivity contribution in [2.45, 2.75) is 26.9 Å². The van der Waals surface area contributed by atoms with Crippen LogP contribution in [0.3, 0.4) is 0 Å². The molecule has 0 aliphatic heterocycles. The Morgan fingerprint density at radius 2 is 2.08 bits per heavy atom. The Balaban J connectivity index is 2.41. The van der Waals surface area contributed by atoms with E-state index in [1.54, 1.807) is 13.8 Å². The van der Waals surface area contributed by atoms with Crippen LogP contribution in [0, 0.1) is 12.7 Å². The summed E-state index contributed by atoms with van der Waals surface area (Å²) < 4.78 is 38.1. The number of carbonyl (C=O) groups is 1. The molecule has 134 valence electrons. The van der Waals surface area contributed by atoms with E-state index in [9.17, 15) is 13.6 Å². The average Bonchev–Trinajstić information content (AvgIpc) is 2.55. The molecule has 1 aromatic heterocycles. The van der Waals surface area contributed by atoms with E-state index in [-0.39, 0.29) is 40.9 Å². The van der Waals surface area contributed by atoms with Crippen molar-refractivity contribution in [2.24, 2.45) is 0 Å². The van der Waals surface area contributed by atoms with Gasteiger partial charge in [0.25, 0.3) is 0 Å². The summed E-state index contributed by atoms with van der Waals surface area (Å²) in [6, 6.07) is 2.37. The topological polar surface area (TPSA) is 61.3 Å². The molecule has 8 heteroatoms. The van der Waals surface area contributed by atoms with Gasteiger partial charge in [-0.05, 0) is 32.9 Å². The van der Waals surface area contributed by atoms with Crippen LogP contribution in [0.4, 0.5) is 8.78 Å². The summed E-state index contributed by atoms with van der Waals surface area (Å²) in [7, 11) is 0. The number of benzene rings is 1. The van der Waals surface area contributed by atoms with E-state index in [0.717, 1.165) is 6.07 Å². The molecule has 2 rings (SSSR count). The number of hydrogen-bond acceptors (Lipinski definition) is 5. The van der Waals surface area contributed by atoms with Crippen LogP contribution in [0.2, 0.25) is 5.02 Å². The fraction of sp³-hybridized carbons (Fsp3) is 0.353. The Kier molecular flexibility index (Phi) is 6.25. The number of nitrogens with zero attached hydrogens (tertiary/aromatic N) is 2. The lowest BCUT2D eigenvalue weighted by atomic mass is 10.0. The fourth-order valence-electron chi connectivity index (χ4n) is 2.30. The molecule has 1 atom stereocenters. The van der Waals surface area contributed by atoms with Gasteiger partial charge in [-0.3, -0.25) is 0 Å². The van der Waals surface area contributed by atoms with Crippen LogP contribution in [0.15, 0.2) is 18.5 Å². The Bertz CT molecular complexity index is 785. The van der Waals surface area contributed by atoms with Gasteiger partial charge in [0.1, 0.15) is 24.1 Å². The molecule has 0 N–H and O–H groups in total. The molecule has 0 saturated heterocycles. The first kappa shape index (κ1) is 19.1. The third kappa shape index (κ3) is 4.42. The molecule has 0 aliphatic carbocycles. The van der Waals surface area contributed by atoms with Crippen molar-refractivity contribution in [1.29, 1.82) is 0 Å². The first-order valence-electron chi connectivity index (χ1n) is 7.58. The number of halogens is 3. The molecule has 25 heavy (non-hydrogen) atoms. The highest BCUT2D eigenvalue weighted by Gasteiger charge is 2.19. The van der Waals surface area contributed by atoms with E-state index in [1.807, 2.05) is 0 Å². The van der Waals surface area contributed by atoms with Gasteiger partial charge in [0.2, 0.25) is 0 Å². The van der Waals surface area contributed by atoms with Crippen LogP contribution < -0.4 is 4.74 Å². The summed E-state index contributed by atoms with van der Waals surface area (Å²) in [5.74, 6) is -1.12. The van der Waals surface area contributed by atoms with Gasteiger partial charge in [0.15, 0.2) is 6.61 Å². The highest BCUT2D eigenvalue weighted by molar-refractivity contribution is 6.32. The number of hydrogen-bond donors (Lipinski definition) is 0. The molecular formula is C17H17ClF2N2O3. The maximum Gasteiger partial charge on any atom is 0.344 e. The number of rotatable bonds is 6. The second-order valence-electron chi connectivity index (χ2n) is 5.20. The van der Waals surface area contributed by atoms with Crippen LogP contribution >= 0.6 is 11.6 Å². The van der Waals surface area contributed by atoms with Crippen LogP contribution in [-0.4, -0.2) is 29.2 Å². The van der Waals surface area contributed by atoms with E-state index in [1.165, 1.54) is 19.3 Å². The molecule has 2 aromatic rings. The third-order valence-corrected chi connectivity index (χ3v) is 3.72. The molecule has 0 bridgehead atoms. The predicted octanol–water partition coefficient (Wildman–Crippen LogP) is 4.22. The lowest BCUT2D eigenvalue weighted by molar-refractivity contribution is -0.145. The van der Waals surface area contributed by atoms with Crippen molar-refractivity contribution in [3.63, 3.8) is 0 Å². The third-order valence-electron chi connectivity index (χ3n) is 3.43. The summed E-state index contributed by atoms with van der Waals surface area (Å²) in [6.45, 7) is 4.46. The zero-order valence-electron chi connectivity index (χ0n) is 14.0. The number of alkyl halides is 1. The highest BCUT2D eigenvalue weighted by atomic mass is 35.5. The van der Waals surface area contributed by atoms with Gasteiger partial charge in [-0.25, -0.2) is 23.5 Å². The van der Waals surface area contributed by atoms with Crippen molar-refractivity contribution in [3.05, 3.63) is 40.6 Å². The lowest BCUT2D eigenvalue weighted by Crippen LogP contribution is -2.14. The zero-order valence-corrected chi connectivity index (χ0v) is 14.7. The summed E-state index contributed by atoms with van der Waals surface area (Å²) in [5.41, 5.74) is 0.887. The molecule has 0 saturated carbocycles. The Labute approximate surface area is 149 Å². The van der Waals surface area contributed by atoms with E-state index in [4.69, 9.17) is 21.1 Å². The minimum atomic E-state index is -1.32. The van der Waals surface area contributed by atoms with Crippen LogP contribution in [0.1, 0.15) is 31.3 Å². The Morgan fingerprint density at radius 3 is 2.72 bits per heavy atom. The van der Waals surface area contributed by atoms with Crippen molar-refractivity contribution >= 4 is 17.6 Å². The van der Waals surface area contributed by atoms with Crippen molar-refractivity contribution in [3.8, 4) is 17.0 Å². The maximum atomic E-state index is 14.4. The van der Waals surface area contributed by atoms with Crippen molar-refractivity contribution in [1.82, 2.24) is 9.97 Å². The SMILES string of the molecule is CCOC(=O)COc1cc(-c2ncnc(C(C)F)c2C)c(F)cc1Cl. The summed E-state index contributed by atoms with van der Waals surface area (Å²) in [4.78, 5) is 19.3. The van der Waals surface area contributed by atoms with Crippen molar-refractivity contribution in [2.75, 3.05) is 13.2 Å². The molecule has 0 aliphatic rings. The van der Waals surface area contributed by atoms with Crippen molar-refractivity contribution < 1.29 is 23.0 Å². The molecule has 5 nitrogen and oxygen atoms in total. The number of carbonyl (C=O) groups excluding carboxylic acids is 1. The minimum absolute atomic E-state index is 0.00339. The minimum Gasteiger partial charge on any atom is -0.480 e. The average molecular weight is 371 g/mol. The van der Waals surface area contributed by atoms with Gasteiger partial charge in [0.05, 0.1) is 23.0 Å². The summed E-state index contributed by atoms with van der Waals surface area (Å²) in [6.07, 6.45) is -0.155. The van der Waals surface area contributed by atoms with Gasteiger partial charge in [-0.1, -0.05) is 11.6 Å². The van der Waals surface area contributed by atoms with Gasteiger partial charge >= 0.3 is 5.97 Å². The zero-order chi connectivity index (χ0) is 18.6. The molecule has 0 spiro atoms. The first-order valence-corrected chi connectivity index (χ1v) is 7.96. The molecule has 0 amide bonds. The molecular weight excluding hydrogens is 354 g/mol. The lowest BCUT2D eigenvalue weighted by Gasteiger charge is -2.13. The summed E-state index contributed by atoms with van der Waals surface area (Å²) >= 11 is 5.96. The first-order chi connectivity index (χ1) is 11.8. The standard InChI is InChI=1S/C17H17ClF2N2O3/c1-4-24-15(23)7-25-14-5-11(13(20)6-12(14)18)17-9(2)16(10(3)19)21-8-22-17/h5-6,8,10H,4,7H2,1-3H3. The normalized spacial score (nSPS) is 11.9. The highest BCUT2D eigenvalue weighted by Crippen LogP contribution is 2.35. The number of esters is 1. The van der Waals surface area contributed by atoms with Crippen LogP contribution in [-0.2, 0) is 9.53 Å². The molecule has 0 fully saturated rings. The molecule has 0 radical (unpaired) electrons. The smallest absolute Gasteiger partial charge is 0.344 e. The van der Waals surface area contributed by atoms with E-state index in [0.29, 0.717) is 5.56 Å². The maximum absolute atomic E-state index is 14.4. The second kappa shape index (κ2) is 8.20. The number of ether oxygens (including phenoxy) is 2. The van der Waals surface area contributed by atoms with Gasteiger partial charge in [-0.2, -0.15) is 0 Å². The van der Waals surface area contributed by atoms with E-state index >= 15 is 0 Å². The fourth-order valence-corrected chi connectivity index (χ4v) is 2.50.